The largest absolute Gasteiger partial charge is 0.464 e. The molecular formula is C30H34N2O4. The molecule has 0 heterocycles. The molecule has 2 unspecified atom stereocenters. The number of benzene rings is 3. The Balaban J connectivity index is 1.70. The number of hydrogen-bond donors (Lipinski definition) is 2. The zero-order valence-electron chi connectivity index (χ0n) is 21.1. The van der Waals surface area contributed by atoms with E-state index in [4.69, 9.17) is 4.74 Å². The van der Waals surface area contributed by atoms with Crippen LogP contribution in [0.3, 0.4) is 0 Å². The maximum atomic E-state index is 13.2. The van der Waals surface area contributed by atoms with Gasteiger partial charge in [0.2, 0.25) is 5.91 Å². The molecule has 0 aromatic heterocycles. The minimum Gasteiger partial charge on any atom is -0.464 e. The second kappa shape index (κ2) is 13.2. The van der Waals surface area contributed by atoms with Gasteiger partial charge in [0.05, 0.1) is 6.61 Å². The maximum absolute atomic E-state index is 13.2. The first-order valence-corrected chi connectivity index (χ1v) is 12.4. The van der Waals surface area contributed by atoms with Crippen molar-refractivity contribution < 1.29 is 19.1 Å². The number of esters is 1. The van der Waals surface area contributed by atoms with Crippen molar-refractivity contribution in [3.63, 3.8) is 0 Å². The summed E-state index contributed by atoms with van der Waals surface area (Å²) in [6.45, 7) is 5.90. The summed E-state index contributed by atoms with van der Waals surface area (Å²) in [6.07, 6.45) is 0.986. The minimum atomic E-state index is -0.852. The van der Waals surface area contributed by atoms with Crippen molar-refractivity contribution in [2.24, 2.45) is 5.92 Å². The zero-order valence-corrected chi connectivity index (χ0v) is 21.1. The highest BCUT2D eigenvalue weighted by molar-refractivity contribution is 5.98. The van der Waals surface area contributed by atoms with Crippen LogP contribution in [-0.4, -0.2) is 36.5 Å². The van der Waals surface area contributed by atoms with Crippen molar-refractivity contribution in [3.05, 3.63) is 96.1 Å². The van der Waals surface area contributed by atoms with E-state index in [1.807, 2.05) is 93.6 Å². The highest BCUT2D eigenvalue weighted by Crippen LogP contribution is 2.19. The van der Waals surface area contributed by atoms with Crippen LogP contribution < -0.4 is 10.6 Å². The van der Waals surface area contributed by atoms with E-state index < -0.39 is 24.0 Å². The predicted molar refractivity (Wildman–Crippen MR) is 141 cm³/mol. The van der Waals surface area contributed by atoms with Crippen LogP contribution in [0.1, 0.15) is 43.1 Å². The van der Waals surface area contributed by atoms with Gasteiger partial charge in [0.15, 0.2) is 0 Å². The number of nitrogens with one attached hydrogen (secondary N) is 2. The van der Waals surface area contributed by atoms with E-state index >= 15 is 0 Å². The molecule has 0 aliphatic carbocycles. The Morgan fingerprint density at radius 3 is 1.94 bits per heavy atom. The summed E-state index contributed by atoms with van der Waals surface area (Å²) in [5, 5.41) is 5.65. The van der Waals surface area contributed by atoms with Gasteiger partial charge >= 0.3 is 5.97 Å². The van der Waals surface area contributed by atoms with Gasteiger partial charge < -0.3 is 15.4 Å². The second-order valence-corrected chi connectivity index (χ2v) is 9.06. The number of ether oxygens (including phenoxy) is 1. The summed E-state index contributed by atoms with van der Waals surface area (Å²) in [5.41, 5.74) is 3.42. The molecule has 6 heteroatoms. The quantitative estimate of drug-likeness (QED) is 0.382. The van der Waals surface area contributed by atoms with Gasteiger partial charge in [-0.05, 0) is 41.2 Å². The molecule has 0 saturated heterocycles. The van der Waals surface area contributed by atoms with Gasteiger partial charge in [-0.2, -0.15) is 0 Å². The van der Waals surface area contributed by atoms with Crippen molar-refractivity contribution in [1.29, 1.82) is 0 Å². The molecule has 0 aliphatic rings. The van der Waals surface area contributed by atoms with Gasteiger partial charge in [-0.3, -0.25) is 9.59 Å². The lowest BCUT2D eigenvalue weighted by Crippen LogP contribution is -2.54. The lowest BCUT2D eigenvalue weighted by molar-refractivity contribution is -0.148. The van der Waals surface area contributed by atoms with Crippen molar-refractivity contribution in [2.75, 3.05) is 6.61 Å². The Morgan fingerprint density at radius 1 is 0.778 bits per heavy atom. The molecule has 0 radical (unpaired) electrons. The summed E-state index contributed by atoms with van der Waals surface area (Å²) >= 11 is 0. The molecule has 0 aliphatic heterocycles. The molecule has 0 bridgehead atoms. The van der Waals surface area contributed by atoms with E-state index in [2.05, 4.69) is 10.6 Å². The highest BCUT2D eigenvalue weighted by Gasteiger charge is 2.30. The Morgan fingerprint density at radius 2 is 1.36 bits per heavy atom. The van der Waals surface area contributed by atoms with E-state index in [0.717, 1.165) is 16.7 Å². The van der Waals surface area contributed by atoms with Crippen LogP contribution in [0, 0.1) is 5.92 Å². The summed E-state index contributed by atoms with van der Waals surface area (Å²) in [6, 6.07) is 24.9. The van der Waals surface area contributed by atoms with Crippen LogP contribution in [0.5, 0.6) is 0 Å². The molecule has 3 aromatic rings. The Hall–Kier alpha value is -3.93. The SMILES string of the molecule is CCCOC(=O)C(Cc1ccccc1)NC(=O)C(NC(=O)c1ccc(-c2ccccc2)cc1)C(C)C. The molecule has 3 aromatic carbocycles. The Kier molecular flexibility index (Phi) is 9.81. The molecule has 2 N–H and O–H groups in total. The van der Waals surface area contributed by atoms with E-state index in [1.54, 1.807) is 12.1 Å². The average molecular weight is 487 g/mol. The number of carbonyl (C=O) groups is 3. The first-order chi connectivity index (χ1) is 17.4. The van der Waals surface area contributed by atoms with Gasteiger partial charge in [0.25, 0.3) is 5.91 Å². The van der Waals surface area contributed by atoms with Gasteiger partial charge in [-0.15, -0.1) is 0 Å². The van der Waals surface area contributed by atoms with Crippen LogP contribution in [0.25, 0.3) is 11.1 Å². The van der Waals surface area contributed by atoms with Gasteiger partial charge in [-0.25, -0.2) is 4.79 Å². The summed E-state index contributed by atoms with van der Waals surface area (Å²) in [5.74, 6) is -1.45. The molecule has 0 fully saturated rings. The lowest BCUT2D eigenvalue weighted by atomic mass is 10.00. The van der Waals surface area contributed by atoms with E-state index in [9.17, 15) is 14.4 Å². The molecule has 2 atom stereocenters. The lowest BCUT2D eigenvalue weighted by Gasteiger charge is -2.25. The minimum absolute atomic E-state index is 0.193. The fourth-order valence-corrected chi connectivity index (χ4v) is 3.81. The highest BCUT2D eigenvalue weighted by atomic mass is 16.5. The molecule has 188 valence electrons. The number of rotatable bonds is 11. The molecule has 0 spiro atoms. The monoisotopic (exact) mass is 486 g/mol. The number of carbonyl (C=O) groups excluding carboxylic acids is 3. The van der Waals surface area contributed by atoms with E-state index in [1.165, 1.54) is 0 Å². The zero-order chi connectivity index (χ0) is 25.9. The summed E-state index contributed by atoms with van der Waals surface area (Å²) in [4.78, 5) is 38.9. The van der Waals surface area contributed by atoms with E-state index in [0.29, 0.717) is 18.4 Å². The Bertz CT molecular complexity index is 1130. The third kappa shape index (κ3) is 7.54. The van der Waals surface area contributed by atoms with Crippen LogP contribution >= 0.6 is 0 Å². The van der Waals surface area contributed by atoms with Crippen LogP contribution in [0.15, 0.2) is 84.9 Å². The topological polar surface area (TPSA) is 84.5 Å². The second-order valence-electron chi connectivity index (χ2n) is 9.06. The third-order valence-corrected chi connectivity index (χ3v) is 5.82. The maximum Gasteiger partial charge on any atom is 0.328 e. The fraction of sp³-hybridized carbons (Fsp3) is 0.300. The predicted octanol–water partition coefficient (Wildman–Crippen LogP) is 4.79. The number of amides is 2. The summed E-state index contributed by atoms with van der Waals surface area (Å²) < 4.78 is 5.32. The van der Waals surface area contributed by atoms with Gasteiger partial charge in [0.1, 0.15) is 12.1 Å². The van der Waals surface area contributed by atoms with Crippen molar-refractivity contribution in [3.8, 4) is 11.1 Å². The fourth-order valence-electron chi connectivity index (χ4n) is 3.81. The molecule has 3 rings (SSSR count). The summed E-state index contributed by atoms with van der Waals surface area (Å²) in [7, 11) is 0. The standard InChI is InChI=1S/C30H34N2O4/c1-4-19-36-30(35)26(20-22-11-7-5-8-12-22)31-29(34)27(21(2)3)32-28(33)25-17-15-24(16-18-25)23-13-9-6-10-14-23/h5-18,21,26-27H,4,19-20H2,1-3H3,(H,31,34)(H,32,33). The van der Waals surface area contributed by atoms with Crippen molar-refractivity contribution >= 4 is 17.8 Å². The van der Waals surface area contributed by atoms with Gasteiger partial charge in [-0.1, -0.05) is 93.6 Å². The molecule has 2 amide bonds. The van der Waals surface area contributed by atoms with Gasteiger partial charge in [0, 0.05) is 12.0 Å². The molecule has 36 heavy (non-hydrogen) atoms. The van der Waals surface area contributed by atoms with Crippen molar-refractivity contribution in [1.82, 2.24) is 10.6 Å². The molecule has 6 nitrogen and oxygen atoms in total. The van der Waals surface area contributed by atoms with Crippen LogP contribution in [0.2, 0.25) is 0 Å². The third-order valence-electron chi connectivity index (χ3n) is 5.82. The normalized spacial score (nSPS) is 12.4. The van der Waals surface area contributed by atoms with Crippen molar-refractivity contribution in [2.45, 2.75) is 45.7 Å². The molecular weight excluding hydrogens is 452 g/mol. The first-order valence-electron chi connectivity index (χ1n) is 12.4. The number of hydrogen-bond acceptors (Lipinski definition) is 4. The van der Waals surface area contributed by atoms with E-state index in [-0.39, 0.29) is 18.4 Å². The van der Waals surface area contributed by atoms with Crippen LogP contribution in [-0.2, 0) is 20.7 Å². The average Bonchev–Trinajstić information content (AvgIpc) is 2.90. The molecule has 0 saturated carbocycles. The van der Waals surface area contributed by atoms with Crippen LogP contribution in [0.4, 0.5) is 0 Å². The first kappa shape index (κ1) is 26.7. The smallest absolute Gasteiger partial charge is 0.328 e. The Labute approximate surface area is 213 Å².